The van der Waals surface area contributed by atoms with E-state index in [4.69, 9.17) is 4.42 Å². The van der Waals surface area contributed by atoms with Crippen molar-refractivity contribution in [1.29, 1.82) is 0 Å². The standard InChI is InChI=1S/C16H11BrO5/c17-7-11-9-2-1-3-12(19)15(9)22-16(21)14(11)10-5-4-8(18)6-13(10)20/h1-6,18-20H,7H2. The van der Waals surface area contributed by atoms with Crippen LogP contribution < -0.4 is 5.63 Å². The first kappa shape index (κ1) is 14.5. The van der Waals surface area contributed by atoms with Crippen LogP contribution >= 0.6 is 15.9 Å². The molecule has 0 atom stereocenters. The van der Waals surface area contributed by atoms with E-state index in [1.165, 1.54) is 18.2 Å². The van der Waals surface area contributed by atoms with Crippen LogP contribution in [-0.2, 0) is 5.33 Å². The zero-order valence-electron chi connectivity index (χ0n) is 11.2. The fourth-order valence-corrected chi connectivity index (χ4v) is 3.00. The van der Waals surface area contributed by atoms with Gasteiger partial charge in [0, 0.05) is 22.3 Å². The van der Waals surface area contributed by atoms with Crippen LogP contribution in [0.25, 0.3) is 22.1 Å². The van der Waals surface area contributed by atoms with Crippen molar-refractivity contribution in [3.05, 3.63) is 52.4 Å². The van der Waals surface area contributed by atoms with Crippen molar-refractivity contribution in [1.82, 2.24) is 0 Å². The Morgan fingerprint density at radius 3 is 2.50 bits per heavy atom. The number of alkyl halides is 1. The van der Waals surface area contributed by atoms with Crippen LogP contribution in [0.5, 0.6) is 17.2 Å². The van der Waals surface area contributed by atoms with Gasteiger partial charge in [-0.05, 0) is 23.8 Å². The van der Waals surface area contributed by atoms with Crippen molar-refractivity contribution in [2.24, 2.45) is 0 Å². The Balaban J connectivity index is 2.44. The van der Waals surface area contributed by atoms with Crippen LogP contribution in [0.3, 0.4) is 0 Å². The molecule has 6 heteroatoms. The second kappa shape index (κ2) is 5.38. The van der Waals surface area contributed by atoms with Gasteiger partial charge in [-0.15, -0.1) is 0 Å². The van der Waals surface area contributed by atoms with Crippen molar-refractivity contribution < 1.29 is 19.7 Å². The molecule has 0 saturated heterocycles. The van der Waals surface area contributed by atoms with Crippen molar-refractivity contribution >= 4 is 26.9 Å². The Labute approximate surface area is 133 Å². The quantitative estimate of drug-likeness (QED) is 0.479. The van der Waals surface area contributed by atoms with Crippen molar-refractivity contribution in [2.75, 3.05) is 0 Å². The maximum Gasteiger partial charge on any atom is 0.344 e. The summed E-state index contributed by atoms with van der Waals surface area (Å²) in [6.45, 7) is 0. The summed E-state index contributed by atoms with van der Waals surface area (Å²) in [6, 6.07) is 8.76. The van der Waals surface area contributed by atoms with Crippen molar-refractivity contribution in [2.45, 2.75) is 5.33 Å². The van der Waals surface area contributed by atoms with Gasteiger partial charge in [0.2, 0.25) is 0 Å². The van der Waals surface area contributed by atoms with Gasteiger partial charge in [-0.2, -0.15) is 0 Å². The average Bonchev–Trinajstić information content (AvgIpc) is 2.48. The lowest BCUT2D eigenvalue weighted by Crippen LogP contribution is -2.07. The van der Waals surface area contributed by atoms with E-state index in [1.807, 2.05) is 0 Å². The normalized spacial score (nSPS) is 11.0. The number of para-hydroxylation sites is 1. The highest BCUT2D eigenvalue weighted by molar-refractivity contribution is 9.08. The van der Waals surface area contributed by atoms with Crippen LogP contribution in [0.1, 0.15) is 5.56 Å². The van der Waals surface area contributed by atoms with Crippen LogP contribution in [-0.4, -0.2) is 15.3 Å². The van der Waals surface area contributed by atoms with Crippen molar-refractivity contribution in [3.63, 3.8) is 0 Å². The van der Waals surface area contributed by atoms with Gasteiger partial charge in [-0.3, -0.25) is 0 Å². The molecular weight excluding hydrogens is 352 g/mol. The SMILES string of the molecule is O=c1oc2c(O)cccc2c(CBr)c1-c1ccc(O)cc1O. The largest absolute Gasteiger partial charge is 0.508 e. The highest BCUT2D eigenvalue weighted by atomic mass is 79.9. The predicted molar refractivity (Wildman–Crippen MR) is 85.5 cm³/mol. The zero-order valence-corrected chi connectivity index (χ0v) is 12.8. The summed E-state index contributed by atoms with van der Waals surface area (Å²) >= 11 is 3.33. The third-order valence-electron chi connectivity index (χ3n) is 3.40. The molecule has 3 N–H and O–H groups in total. The van der Waals surface area contributed by atoms with E-state index in [0.717, 1.165) is 6.07 Å². The molecule has 22 heavy (non-hydrogen) atoms. The third-order valence-corrected chi connectivity index (χ3v) is 3.97. The predicted octanol–water partition coefficient (Wildman–Crippen LogP) is 3.47. The molecule has 0 spiro atoms. The molecule has 3 aromatic rings. The molecule has 0 bridgehead atoms. The Morgan fingerprint density at radius 2 is 1.82 bits per heavy atom. The highest BCUT2D eigenvalue weighted by Crippen LogP contribution is 2.37. The van der Waals surface area contributed by atoms with Crippen LogP contribution in [0.15, 0.2) is 45.6 Å². The summed E-state index contributed by atoms with van der Waals surface area (Å²) < 4.78 is 5.21. The summed E-state index contributed by atoms with van der Waals surface area (Å²) in [5, 5.41) is 30.1. The number of hydrogen-bond acceptors (Lipinski definition) is 5. The number of aromatic hydroxyl groups is 3. The number of fused-ring (bicyclic) bond motifs is 1. The summed E-state index contributed by atoms with van der Waals surface area (Å²) in [6.07, 6.45) is 0. The molecule has 0 radical (unpaired) electrons. The monoisotopic (exact) mass is 362 g/mol. The van der Waals surface area contributed by atoms with Gasteiger partial charge in [0.05, 0.1) is 5.56 Å². The lowest BCUT2D eigenvalue weighted by Gasteiger charge is -2.11. The molecule has 0 unspecified atom stereocenters. The molecular formula is C16H11BrO5. The van der Waals surface area contributed by atoms with E-state index in [2.05, 4.69) is 15.9 Å². The molecule has 2 aromatic carbocycles. The molecule has 5 nitrogen and oxygen atoms in total. The number of phenolic OH excluding ortho intramolecular Hbond substituents is 3. The maximum absolute atomic E-state index is 12.3. The van der Waals surface area contributed by atoms with E-state index in [1.54, 1.807) is 12.1 Å². The Morgan fingerprint density at radius 1 is 1.05 bits per heavy atom. The van der Waals surface area contributed by atoms with Gasteiger partial charge >= 0.3 is 5.63 Å². The van der Waals surface area contributed by atoms with Gasteiger partial charge in [0.25, 0.3) is 0 Å². The van der Waals surface area contributed by atoms with Gasteiger partial charge in [0.1, 0.15) is 11.5 Å². The first-order chi connectivity index (χ1) is 10.5. The topological polar surface area (TPSA) is 90.9 Å². The van der Waals surface area contributed by atoms with Gasteiger partial charge in [-0.25, -0.2) is 4.79 Å². The molecule has 0 fully saturated rings. The molecule has 1 heterocycles. The smallest absolute Gasteiger partial charge is 0.344 e. The first-order valence-electron chi connectivity index (χ1n) is 6.39. The van der Waals surface area contributed by atoms with E-state index < -0.39 is 5.63 Å². The molecule has 0 aliphatic rings. The second-order valence-electron chi connectivity index (χ2n) is 4.73. The zero-order chi connectivity index (χ0) is 15.9. The minimum atomic E-state index is -0.676. The van der Waals surface area contributed by atoms with Gasteiger partial charge < -0.3 is 19.7 Å². The minimum absolute atomic E-state index is 0.101. The number of benzene rings is 2. The van der Waals surface area contributed by atoms with Crippen LogP contribution in [0, 0.1) is 0 Å². The molecule has 0 amide bonds. The molecule has 0 aliphatic carbocycles. The summed E-state index contributed by atoms with van der Waals surface area (Å²) in [4.78, 5) is 12.3. The van der Waals surface area contributed by atoms with Gasteiger partial charge in [0.15, 0.2) is 11.3 Å². The fourth-order valence-electron chi connectivity index (χ4n) is 2.41. The number of phenols is 3. The minimum Gasteiger partial charge on any atom is -0.508 e. The van der Waals surface area contributed by atoms with Crippen molar-refractivity contribution in [3.8, 4) is 28.4 Å². The highest BCUT2D eigenvalue weighted by Gasteiger charge is 2.19. The Bertz CT molecular complexity index is 930. The summed E-state index contributed by atoms with van der Waals surface area (Å²) in [5.41, 5.74) is 0.454. The van der Waals surface area contributed by atoms with E-state index in [9.17, 15) is 20.1 Å². The summed E-state index contributed by atoms with van der Waals surface area (Å²) in [7, 11) is 0. The molecule has 0 saturated carbocycles. The number of halogens is 1. The molecule has 0 aliphatic heterocycles. The van der Waals surface area contributed by atoms with Crippen LogP contribution in [0.4, 0.5) is 0 Å². The van der Waals surface area contributed by atoms with Gasteiger partial charge in [-0.1, -0.05) is 28.1 Å². The van der Waals surface area contributed by atoms with Crippen LogP contribution in [0.2, 0.25) is 0 Å². The second-order valence-corrected chi connectivity index (χ2v) is 5.29. The number of rotatable bonds is 2. The maximum atomic E-state index is 12.3. The Kier molecular flexibility index (Phi) is 3.54. The average molecular weight is 363 g/mol. The number of hydrogen-bond donors (Lipinski definition) is 3. The third kappa shape index (κ3) is 2.21. The molecule has 1 aromatic heterocycles. The Hall–Kier alpha value is -2.47. The summed E-state index contributed by atoms with van der Waals surface area (Å²) in [5.74, 6) is -0.461. The van der Waals surface area contributed by atoms with E-state index in [-0.39, 0.29) is 34.0 Å². The van der Waals surface area contributed by atoms with E-state index in [0.29, 0.717) is 16.3 Å². The first-order valence-corrected chi connectivity index (χ1v) is 7.51. The lowest BCUT2D eigenvalue weighted by atomic mass is 9.98. The molecule has 3 rings (SSSR count). The van der Waals surface area contributed by atoms with E-state index >= 15 is 0 Å². The molecule has 112 valence electrons. The fraction of sp³-hybridized carbons (Fsp3) is 0.0625. The lowest BCUT2D eigenvalue weighted by molar-refractivity contribution is 0.450.